The van der Waals surface area contributed by atoms with Crippen LogP contribution >= 0.6 is 11.6 Å². The van der Waals surface area contributed by atoms with E-state index in [-0.39, 0.29) is 5.28 Å². The van der Waals surface area contributed by atoms with E-state index in [1.807, 2.05) is 18.2 Å². The van der Waals surface area contributed by atoms with Crippen LogP contribution in [0.25, 0.3) is 0 Å². The van der Waals surface area contributed by atoms with Crippen molar-refractivity contribution in [1.82, 2.24) is 9.97 Å². The quantitative estimate of drug-likeness (QED) is 0.602. The molecule has 0 unspecified atom stereocenters. The molecule has 0 amide bonds. The van der Waals surface area contributed by atoms with Crippen molar-refractivity contribution in [3.8, 4) is 5.88 Å². The van der Waals surface area contributed by atoms with E-state index in [0.29, 0.717) is 12.5 Å². The van der Waals surface area contributed by atoms with Gasteiger partial charge in [0.25, 0.3) is 0 Å². The van der Waals surface area contributed by atoms with Crippen molar-refractivity contribution in [2.45, 2.75) is 12.8 Å². The van der Waals surface area contributed by atoms with E-state index in [2.05, 4.69) is 22.1 Å². The van der Waals surface area contributed by atoms with Crippen molar-refractivity contribution in [2.24, 2.45) is 0 Å². The lowest BCUT2D eigenvalue weighted by Crippen LogP contribution is -2.01. The summed E-state index contributed by atoms with van der Waals surface area (Å²) in [6, 6.07) is 12.0. The minimum absolute atomic E-state index is 0.213. The number of ether oxygens (including phenoxy) is 1. The first-order valence-corrected chi connectivity index (χ1v) is 5.88. The molecular formula is C13H13ClN2O. The topological polar surface area (TPSA) is 35.0 Å². The van der Waals surface area contributed by atoms with Gasteiger partial charge in [0.15, 0.2) is 0 Å². The van der Waals surface area contributed by atoms with E-state index in [1.54, 1.807) is 12.3 Å². The molecule has 0 saturated carbocycles. The summed E-state index contributed by atoms with van der Waals surface area (Å²) in [4.78, 5) is 7.74. The molecule has 0 bridgehead atoms. The second kappa shape index (κ2) is 6.21. The van der Waals surface area contributed by atoms with Crippen LogP contribution in [0.1, 0.15) is 12.0 Å². The minimum atomic E-state index is 0.213. The van der Waals surface area contributed by atoms with E-state index in [1.165, 1.54) is 5.56 Å². The van der Waals surface area contributed by atoms with Crippen molar-refractivity contribution in [1.29, 1.82) is 0 Å². The highest BCUT2D eigenvalue weighted by atomic mass is 35.5. The highest BCUT2D eigenvalue weighted by Gasteiger charge is 1.97. The van der Waals surface area contributed by atoms with Gasteiger partial charge >= 0.3 is 0 Å². The Bertz CT molecular complexity index is 462. The Hall–Kier alpha value is -1.61. The van der Waals surface area contributed by atoms with Crippen LogP contribution in [0.5, 0.6) is 5.88 Å². The second-order valence-electron chi connectivity index (χ2n) is 3.60. The third-order valence-corrected chi connectivity index (χ3v) is 2.49. The zero-order valence-corrected chi connectivity index (χ0v) is 10.1. The molecule has 88 valence electrons. The summed E-state index contributed by atoms with van der Waals surface area (Å²) in [5, 5.41) is 0.213. The molecule has 0 radical (unpaired) electrons. The fraction of sp³-hybridized carbons (Fsp3) is 0.231. The van der Waals surface area contributed by atoms with E-state index < -0.39 is 0 Å². The predicted molar refractivity (Wildman–Crippen MR) is 67.3 cm³/mol. The molecule has 2 aromatic rings. The predicted octanol–water partition coefficient (Wildman–Crippen LogP) is 3.14. The van der Waals surface area contributed by atoms with Gasteiger partial charge in [-0.25, -0.2) is 4.98 Å². The normalized spacial score (nSPS) is 10.2. The Balaban J connectivity index is 1.73. The molecule has 0 aliphatic carbocycles. The Morgan fingerprint density at radius 3 is 2.71 bits per heavy atom. The standard InChI is InChI=1S/C13H13ClN2O/c14-13-15-9-8-12(16-13)17-10-4-7-11-5-2-1-3-6-11/h1-3,5-6,8-9H,4,7,10H2. The molecule has 0 aliphatic heterocycles. The maximum atomic E-state index is 5.65. The summed E-state index contributed by atoms with van der Waals surface area (Å²) in [7, 11) is 0. The first kappa shape index (κ1) is 11.9. The molecular weight excluding hydrogens is 236 g/mol. The number of nitrogens with zero attached hydrogens (tertiary/aromatic N) is 2. The minimum Gasteiger partial charge on any atom is -0.478 e. The smallest absolute Gasteiger partial charge is 0.225 e. The first-order chi connectivity index (χ1) is 8.34. The van der Waals surface area contributed by atoms with E-state index >= 15 is 0 Å². The molecule has 0 N–H and O–H groups in total. The monoisotopic (exact) mass is 248 g/mol. The fourth-order valence-electron chi connectivity index (χ4n) is 1.50. The van der Waals surface area contributed by atoms with Crippen LogP contribution in [0.4, 0.5) is 0 Å². The van der Waals surface area contributed by atoms with Gasteiger partial charge in [-0.05, 0) is 30.0 Å². The van der Waals surface area contributed by atoms with Crippen LogP contribution in [0.3, 0.4) is 0 Å². The summed E-state index contributed by atoms with van der Waals surface area (Å²) in [6.45, 7) is 0.627. The highest BCUT2D eigenvalue weighted by Crippen LogP contribution is 2.09. The second-order valence-corrected chi connectivity index (χ2v) is 3.94. The molecule has 1 aromatic heterocycles. The SMILES string of the molecule is Clc1nccc(OCCCc2ccccc2)n1. The van der Waals surface area contributed by atoms with Crippen LogP contribution < -0.4 is 4.74 Å². The zero-order chi connectivity index (χ0) is 11.9. The molecule has 0 spiro atoms. The molecule has 1 heterocycles. The zero-order valence-electron chi connectivity index (χ0n) is 9.34. The maximum absolute atomic E-state index is 5.65. The molecule has 0 saturated heterocycles. The van der Waals surface area contributed by atoms with Crippen LogP contribution in [-0.2, 0) is 6.42 Å². The average molecular weight is 249 g/mol. The summed E-state index contributed by atoms with van der Waals surface area (Å²) >= 11 is 5.65. The number of hydrogen-bond donors (Lipinski definition) is 0. The number of halogens is 1. The van der Waals surface area contributed by atoms with Gasteiger partial charge in [-0.15, -0.1) is 0 Å². The molecule has 1 aromatic carbocycles. The van der Waals surface area contributed by atoms with Gasteiger partial charge in [0.05, 0.1) is 6.61 Å². The lowest BCUT2D eigenvalue weighted by Gasteiger charge is -2.04. The summed E-state index contributed by atoms with van der Waals surface area (Å²) in [6.07, 6.45) is 3.53. The third kappa shape index (κ3) is 4.04. The average Bonchev–Trinajstić information content (AvgIpc) is 2.36. The first-order valence-electron chi connectivity index (χ1n) is 5.50. The molecule has 2 rings (SSSR count). The number of rotatable bonds is 5. The van der Waals surface area contributed by atoms with Gasteiger partial charge in [-0.1, -0.05) is 30.3 Å². The molecule has 17 heavy (non-hydrogen) atoms. The van der Waals surface area contributed by atoms with Crippen LogP contribution in [0.2, 0.25) is 5.28 Å². The Morgan fingerprint density at radius 2 is 1.94 bits per heavy atom. The van der Waals surface area contributed by atoms with Gasteiger partial charge < -0.3 is 4.74 Å². The van der Waals surface area contributed by atoms with E-state index in [9.17, 15) is 0 Å². The summed E-state index contributed by atoms with van der Waals surface area (Å²) in [5.41, 5.74) is 1.32. The van der Waals surface area contributed by atoms with Crippen molar-refractivity contribution in [3.05, 3.63) is 53.4 Å². The Kier molecular flexibility index (Phi) is 4.33. The molecule has 3 nitrogen and oxygen atoms in total. The molecule has 0 aliphatic rings. The van der Waals surface area contributed by atoms with E-state index in [4.69, 9.17) is 16.3 Å². The lowest BCUT2D eigenvalue weighted by molar-refractivity contribution is 0.299. The van der Waals surface area contributed by atoms with Gasteiger partial charge in [0.2, 0.25) is 11.2 Å². The lowest BCUT2D eigenvalue weighted by atomic mass is 10.1. The Labute approximate surface area is 105 Å². The summed E-state index contributed by atoms with van der Waals surface area (Å²) in [5.74, 6) is 0.526. The number of benzene rings is 1. The van der Waals surface area contributed by atoms with Crippen molar-refractivity contribution >= 4 is 11.6 Å². The largest absolute Gasteiger partial charge is 0.478 e. The van der Waals surface area contributed by atoms with Crippen LogP contribution in [-0.4, -0.2) is 16.6 Å². The third-order valence-electron chi connectivity index (χ3n) is 2.30. The highest BCUT2D eigenvalue weighted by molar-refractivity contribution is 6.28. The number of aryl methyl sites for hydroxylation is 1. The Morgan fingerprint density at radius 1 is 1.12 bits per heavy atom. The summed E-state index contributed by atoms with van der Waals surface area (Å²) < 4.78 is 5.47. The van der Waals surface area contributed by atoms with Gasteiger partial charge in [0, 0.05) is 12.3 Å². The van der Waals surface area contributed by atoms with Gasteiger partial charge in [-0.2, -0.15) is 4.98 Å². The van der Waals surface area contributed by atoms with Gasteiger partial charge in [-0.3, -0.25) is 0 Å². The maximum Gasteiger partial charge on any atom is 0.225 e. The molecule has 4 heteroatoms. The van der Waals surface area contributed by atoms with E-state index in [0.717, 1.165) is 12.8 Å². The molecule has 0 fully saturated rings. The van der Waals surface area contributed by atoms with Crippen LogP contribution in [0.15, 0.2) is 42.6 Å². The van der Waals surface area contributed by atoms with Crippen LogP contribution in [0, 0.1) is 0 Å². The van der Waals surface area contributed by atoms with Crippen molar-refractivity contribution in [3.63, 3.8) is 0 Å². The number of aromatic nitrogens is 2. The van der Waals surface area contributed by atoms with Crippen molar-refractivity contribution < 1.29 is 4.74 Å². The fourth-order valence-corrected chi connectivity index (χ4v) is 1.64. The molecule has 0 atom stereocenters. The van der Waals surface area contributed by atoms with Crippen molar-refractivity contribution in [2.75, 3.05) is 6.61 Å². The van der Waals surface area contributed by atoms with Gasteiger partial charge in [0.1, 0.15) is 0 Å². The number of hydrogen-bond acceptors (Lipinski definition) is 3.